The molecule has 0 aromatic heterocycles. The van der Waals surface area contributed by atoms with Crippen LogP contribution in [0.2, 0.25) is 20.1 Å². The molecular weight excluding hydrogens is 492 g/mol. The maximum atomic E-state index is 12.4. The van der Waals surface area contributed by atoms with Crippen molar-refractivity contribution in [3.63, 3.8) is 0 Å². The second-order valence-corrected chi connectivity index (χ2v) is 9.68. The minimum Gasteiger partial charge on any atom is -0.354 e. The number of likely N-dealkylation sites (tertiary alicyclic amines) is 1. The highest BCUT2D eigenvalue weighted by atomic mass is 35.5. The lowest BCUT2D eigenvalue weighted by atomic mass is 9.96. The molecule has 9 heteroatoms. The summed E-state index contributed by atoms with van der Waals surface area (Å²) in [5.74, 6) is -0.192. The smallest absolute Gasteiger partial charge is 0.251 e. The number of rotatable bonds is 7. The SMILES string of the molecule is C[C@H](NC(=O)c1ccc(Cl)c(Cl)c1)C(=O)NCC1CCN(Cc2ccc(Cl)cc2Cl)CC1. The highest BCUT2D eigenvalue weighted by Gasteiger charge is 2.22. The molecule has 2 aromatic carbocycles. The molecule has 1 heterocycles. The fourth-order valence-electron chi connectivity index (χ4n) is 3.62. The third kappa shape index (κ3) is 7.00. The highest BCUT2D eigenvalue weighted by molar-refractivity contribution is 6.42. The topological polar surface area (TPSA) is 61.4 Å². The molecule has 1 fully saturated rings. The van der Waals surface area contributed by atoms with Crippen LogP contribution in [0.1, 0.15) is 35.7 Å². The van der Waals surface area contributed by atoms with Gasteiger partial charge >= 0.3 is 0 Å². The molecule has 0 spiro atoms. The van der Waals surface area contributed by atoms with Gasteiger partial charge in [0.2, 0.25) is 5.91 Å². The van der Waals surface area contributed by atoms with E-state index in [0.717, 1.165) is 38.0 Å². The molecule has 0 radical (unpaired) electrons. The van der Waals surface area contributed by atoms with Gasteiger partial charge in [0.15, 0.2) is 0 Å². The first-order chi connectivity index (χ1) is 15.2. The van der Waals surface area contributed by atoms with Crippen LogP contribution in [0.5, 0.6) is 0 Å². The molecule has 0 aliphatic carbocycles. The van der Waals surface area contributed by atoms with Gasteiger partial charge in [-0.05, 0) is 74.7 Å². The van der Waals surface area contributed by atoms with Crippen LogP contribution in [-0.2, 0) is 11.3 Å². The van der Waals surface area contributed by atoms with Gasteiger partial charge in [-0.1, -0.05) is 52.5 Å². The second-order valence-electron chi connectivity index (χ2n) is 8.02. The monoisotopic (exact) mass is 515 g/mol. The Bertz CT molecular complexity index is 978. The molecule has 1 atom stereocenters. The minimum atomic E-state index is -0.663. The molecule has 32 heavy (non-hydrogen) atoms. The number of halogens is 4. The lowest BCUT2D eigenvalue weighted by Crippen LogP contribution is -2.47. The first-order valence-corrected chi connectivity index (χ1v) is 11.9. The fourth-order valence-corrected chi connectivity index (χ4v) is 4.39. The molecule has 5 nitrogen and oxygen atoms in total. The zero-order valence-corrected chi connectivity index (χ0v) is 20.7. The average molecular weight is 517 g/mol. The van der Waals surface area contributed by atoms with Gasteiger partial charge < -0.3 is 10.6 Å². The van der Waals surface area contributed by atoms with Crippen LogP contribution in [-0.4, -0.2) is 42.4 Å². The van der Waals surface area contributed by atoms with Crippen molar-refractivity contribution in [3.8, 4) is 0 Å². The van der Waals surface area contributed by atoms with Gasteiger partial charge in [-0.25, -0.2) is 0 Å². The first kappa shape index (κ1) is 25.1. The number of benzene rings is 2. The third-order valence-electron chi connectivity index (χ3n) is 5.60. The largest absolute Gasteiger partial charge is 0.354 e. The number of piperidine rings is 1. The lowest BCUT2D eigenvalue weighted by Gasteiger charge is -2.32. The van der Waals surface area contributed by atoms with E-state index in [1.54, 1.807) is 25.1 Å². The molecule has 0 saturated carbocycles. The normalized spacial score (nSPS) is 15.9. The van der Waals surface area contributed by atoms with Crippen LogP contribution in [0.4, 0.5) is 0 Å². The maximum Gasteiger partial charge on any atom is 0.251 e. The standard InChI is InChI=1S/C23H25Cl4N3O2/c1-14(29-23(32)16-3-5-19(25)21(27)10-16)22(31)28-12-15-6-8-30(9-7-15)13-17-2-4-18(24)11-20(17)26/h2-5,10-11,14-15H,6-9,12-13H2,1H3,(H,28,31)(H,29,32)/t14-/m0/s1. The van der Waals surface area contributed by atoms with Gasteiger partial charge in [0, 0.05) is 28.7 Å². The van der Waals surface area contributed by atoms with Crippen molar-refractivity contribution in [2.24, 2.45) is 5.92 Å². The number of carbonyl (C=O) groups is 2. The average Bonchev–Trinajstić information content (AvgIpc) is 2.76. The van der Waals surface area contributed by atoms with E-state index in [1.165, 1.54) is 6.07 Å². The van der Waals surface area contributed by atoms with E-state index in [1.807, 2.05) is 12.1 Å². The van der Waals surface area contributed by atoms with Gasteiger partial charge in [-0.3, -0.25) is 14.5 Å². The Hall–Kier alpha value is -1.50. The van der Waals surface area contributed by atoms with Crippen molar-refractivity contribution in [2.75, 3.05) is 19.6 Å². The Balaban J connectivity index is 1.40. The molecule has 1 aliphatic rings. The molecule has 172 valence electrons. The van der Waals surface area contributed by atoms with E-state index >= 15 is 0 Å². The van der Waals surface area contributed by atoms with Gasteiger partial charge in [-0.15, -0.1) is 0 Å². The predicted octanol–water partition coefficient (Wildman–Crippen LogP) is 5.45. The van der Waals surface area contributed by atoms with Crippen LogP contribution in [0.15, 0.2) is 36.4 Å². The minimum absolute atomic E-state index is 0.214. The number of hydrogen-bond donors (Lipinski definition) is 2. The highest BCUT2D eigenvalue weighted by Crippen LogP contribution is 2.25. The molecule has 3 rings (SSSR count). The van der Waals surface area contributed by atoms with Gasteiger partial charge in [0.1, 0.15) is 6.04 Å². The summed E-state index contributed by atoms with van der Waals surface area (Å²) in [6.45, 7) is 4.89. The Morgan fingerprint density at radius 1 is 1.00 bits per heavy atom. The maximum absolute atomic E-state index is 12.4. The Labute approximate surface area is 208 Å². The van der Waals surface area contributed by atoms with Crippen LogP contribution in [0, 0.1) is 5.92 Å². The summed E-state index contributed by atoms with van der Waals surface area (Å²) in [5, 5.41) is 7.63. The van der Waals surface area contributed by atoms with E-state index < -0.39 is 6.04 Å². The molecule has 0 bridgehead atoms. The first-order valence-electron chi connectivity index (χ1n) is 10.4. The predicted molar refractivity (Wildman–Crippen MR) is 131 cm³/mol. The lowest BCUT2D eigenvalue weighted by molar-refractivity contribution is -0.122. The van der Waals surface area contributed by atoms with E-state index in [4.69, 9.17) is 46.4 Å². The zero-order chi connectivity index (χ0) is 23.3. The van der Waals surface area contributed by atoms with E-state index in [0.29, 0.717) is 38.1 Å². The molecule has 0 unspecified atom stereocenters. The van der Waals surface area contributed by atoms with E-state index in [2.05, 4.69) is 15.5 Å². The summed E-state index contributed by atoms with van der Waals surface area (Å²) >= 11 is 24.1. The van der Waals surface area contributed by atoms with Crippen molar-refractivity contribution >= 4 is 58.2 Å². The summed E-state index contributed by atoms with van der Waals surface area (Å²) in [6, 6.07) is 9.52. The van der Waals surface area contributed by atoms with Crippen molar-refractivity contribution in [2.45, 2.75) is 32.4 Å². The third-order valence-corrected chi connectivity index (χ3v) is 6.93. The number of amides is 2. The number of nitrogens with zero attached hydrogens (tertiary/aromatic N) is 1. The molecular formula is C23H25Cl4N3O2. The van der Waals surface area contributed by atoms with Crippen LogP contribution < -0.4 is 10.6 Å². The van der Waals surface area contributed by atoms with Gasteiger partial charge in [-0.2, -0.15) is 0 Å². The fraction of sp³-hybridized carbons (Fsp3) is 0.391. The molecule has 2 amide bonds. The summed E-state index contributed by atoms with van der Waals surface area (Å²) in [4.78, 5) is 27.1. The molecule has 1 saturated heterocycles. The Kier molecular flexibility index (Phi) is 9.09. The van der Waals surface area contributed by atoms with Crippen molar-refractivity contribution in [1.29, 1.82) is 0 Å². The number of hydrogen-bond acceptors (Lipinski definition) is 3. The van der Waals surface area contributed by atoms with Crippen LogP contribution in [0.25, 0.3) is 0 Å². The molecule has 2 N–H and O–H groups in total. The van der Waals surface area contributed by atoms with Crippen LogP contribution in [0.3, 0.4) is 0 Å². The Morgan fingerprint density at radius 3 is 2.38 bits per heavy atom. The van der Waals surface area contributed by atoms with Crippen molar-refractivity contribution < 1.29 is 9.59 Å². The zero-order valence-electron chi connectivity index (χ0n) is 17.6. The van der Waals surface area contributed by atoms with E-state index in [9.17, 15) is 9.59 Å². The molecule has 1 aliphatic heterocycles. The summed E-state index contributed by atoms with van der Waals surface area (Å²) in [6.07, 6.45) is 1.96. The summed E-state index contributed by atoms with van der Waals surface area (Å²) < 4.78 is 0. The summed E-state index contributed by atoms with van der Waals surface area (Å²) in [5.41, 5.74) is 1.42. The molecule has 2 aromatic rings. The van der Waals surface area contributed by atoms with E-state index in [-0.39, 0.29) is 11.8 Å². The second kappa shape index (κ2) is 11.6. The van der Waals surface area contributed by atoms with Crippen molar-refractivity contribution in [3.05, 3.63) is 67.6 Å². The van der Waals surface area contributed by atoms with Crippen LogP contribution >= 0.6 is 46.4 Å². The number of nitrogens with one attached hydrogen (secondary N) is 2. The number of carbonyl (C=O) groups excluding carboxylic acids is 2. The Morgan fingerprint density at radius 2 is 1.72 bits per heavy atom. The van der Waals surface area contributed by atoms with Crippen molar-refractivity contribution in [1.82, 2.24) is 15.5 Å². The quantitative estimate of drug-likeness (QED) is 0.514. The summed E-state index contributed by atoms with van der Waals surface area (Å²) in [7, 11) is 0. The van der Waals surface area contributed by atoms with Gasteiger partial charge in [0.05, 0.1) is 10.0 Å². The van der Waals surface area contributed by atoms with Gasteiger partial charge in [0.25, 0.3) is 5.91 Å².